The van der Waals surface area contributed by atoms with Crippen molar-refractivity contribution in [1.29, 1.82) is 0 Å². The zero-order chi connectivity index (χ0) is 9.03. The van der Waals surface area contributed by atoms with E-state index in [9.17, 15) is 0 Å². The lowest BCUT2D eigenvalue weighted by atomic mass is 9.96. The van der Waals surface area contributed by atoms with E-state index in [4.69, 9.17) is 4.74 Å². The minimum atomic E-state index is 0.0389. The van der Waals surface area contributed by atoms with Crippen LogP contribution in [0.4, 0.5) is 0 Å². The summed E-state index contributed by atoms with van der Waals surface area (Å²) in [6.07, 6.45) is 2.37. The van der Waals surface area contributed by atoms with Crippen molar-refractivity contribution in [3.05, 3.63) is 12.2 Å². The number of rotatable bonds is 3. The molecular weight excluding hydrogens is 150 g/mol. The summed E-state index contributed by atoms with van der Waals surface area (Å²) in [5.41, 5.74) is 1.14. The highest BCUT2D eigenvalue weighted by Crippen LogP contribution is 2.20. The zero-order valence-corrected chi connectivity index (χ0v) is 8.15. The Bertz CT molecular complexity index is 159. The summed E-state index contributed by atoms with van der Waals surface area (Å²) in [7, 11) is 0. The fraction of sp³-hybridized carbons (Fsp3) is 0.800. The lowest BCUT2D eigenvalue weighted by Crippen LogP contribution is -2.45. The van der Waals surface area contributed by atoms with Gasteiger partial charge in [-0.15, -0.1) is 0 Å². The molecule has 0 aromatic heterocycles. The zero-order valence-electron chi connectivity index (χ0n) is 8.15. The maximum absolute atomic E-state index is 5.77. The Kier molecular flexibility index (Phi) is 3.29. The molecule has 0 saturated carbocycles. The molecule has 0 aromatic carbocycles. The Morgan fingerprint density at radius 1 is 1.67 bits per heavy atom. The molecule has 1 aliphatic heterocycles. The van der Waals surface area contributed by atoms with Gasteiger partial charge in [0.25, 0.3) is 0 Å². The van der Waals surface area contributed by atoms with Crippen molar-refractivity contribution in [3.8, 4) is 0 Å². The Morgan fingerprint density at radius 3 is 2.92 bits per heavy atom. The van der Waals surface area contributed by atoms with Crippen molar-refractivity contribution >= 4 is 0 Å². The van der Waals surface area contributed by atoms with Crippen LogP contribution in [-0.2, 0) is 4.74 Å². The van der Waals surface area contributed by atoms with Crippen molar-refractivity contribution in [3.63, 3.8) is 0 Å². The molecule has 70 valence electrons. The van der Waals surface area contributed by atoms with Crippen LogP contribution in [0.15, 0.2) is 12.2 Å². The van der Waals surface area contributed by atoms with Gasteiger partial charge in [-0.25, -0.2) is 0 Å². The number of piperidine rings is 1. The molecule has 0 amide bonds. The maximum atomic E-state index is 5.77. The van der Waals surface area contributed by atoms with E-state index in [0.29, 0.717) is 6.61 Å². The summed E-state index contributed by atoms with van der Waals surface area (Å²) in [5, 5.41) is 3.34. The standard InChI is InChI=1S/C10H19NO/c1-9(2)7-12-10(3)5-4-6-11-8-10/h11H,1,4-8H2,2-3H3. The highest BCUT2D eigenvalue weighted by atomic mass is 16.5. The topological polar surface area (TPSA) is 21.3 Å². The van der Waals surface area contributed by atoms with Crippen molar-refractivity contribution in [2.24, 2.45) is 0 Å². The van der Waals surface area contributed by atoms with Gasteiger partial charge in [0.05, 0.1) is 12.2 Å². The summed E-state index contributed by atoms with van der Waals surface area (Å²) < 4.78 is 5.77. The Hall–Kier alpha value is -0.340. The molecule has 0 aromatic rings. The first-order valence-electron chi connectivity index (χ1n) is 4.61. The highest BCUT2D eigenvalue weighted by Gasteiger charge is 2.26. The van der Waals surface area contributed by atoms with Gasteiger partial charge in [-0.05, 0) is 33.2 Å². The Balaban J connectivity index is 2.31. The molecule has 1 atom stereocenters. The summed E-state index contributed by atoms with van der Waals surface area (Å²) >= 11 is 0. The largest absolute Gasteiger partial charge is 0.370 e. The van der Waals surface area contributed by atoms with E-state index < -0.39 is 0 Å². The molecule has 2 heteroatoms. The first-order valence-corrected chi connectivity index (χ1v) is 4.61. The van der Waals surface area contributed by atoms with Crippen LogP contribution < -0.4 is 5.32 Å². The summed E-state index contributed by atoms with van der Waals surface area (Å²) in [6.45, 7) is 10.8. The van der Waals surface area contributed by atoms with Crippen molar-refractivity contribution in [1.82, 2.24) is 5.32 Å². The third kappa shape index (κ3) is 2.95. The molecule has 1 saturated heterocycles. The lowest BCUT2D eigenvalue weighted by Gasteiger charge is -2.34. The molecule has 1 rings (SSSR count). The second kappa shape index (κ2) is 4.06. The van der Waals surface area contributed by atoms with Crippen molar-refractivity contribution < 1.29 is 4.74 Å². The van der Waals surface area contributed by atoms with E-state index in [1.165, 1.54) is 6.42 Å². The fourth-order valence-electron chi connectivity index (χ4n) is 1.45. The average molecular weight is 169 g/mol. The molecule has 1 unspecified atom stereocenters. The third-order valence-corrected chi connectivity index (χ3v) is 2.23. The van der Waals surface area contributed by atoms with Gasteiger partial charge >= 0.3 is 0 Å². The van der Waals surface area contributed by atoms with Crippen LogP contribution in [0.3, 0.4) is 0 Å². The molecule has 1 N–H and O–H groups in total. The fourth-order valence-corrected chi connectivity index (χ4v) is 1.45. The van der Waals surface area contributed by atoms with Crippen molar-refractivity contribution in [2.45, 2.75) is 32.3 Å². The average Bonchev–Trinajstić information content (AvgIpc) is 2.03. The number of hydrogen-bond acceptors (Lipinski definition) is 2. The molecule has 0 radical (unpaired) electrons. The molecule has 12 heavy (non-hydrogen) atoms. The molecule has 1 fully saturated rings. The number of ether oxygens (including phenoxy) is 1. The van der Waals surface area contributed by atoms with E-state index in [-0.39, 0.29) is 5.60 Å². The van der Waals surface area contributed by atoms with Crippen LogP contribution in [0.5, 0.6) is 0 Å². The quantitative estimate of drug-likeness (QED) is 0.649. The van der Waals surface area contributed by atoms with Gasteiger partial charge in [0.2, 0.25) is 0 Å². The van der Waals surface area contributed by atoms with Crippen LogP contribution in [0, 0.1) is 0 Å². The number of nitrogens with one attached hydrogen (secondary N) is 1. The second-order valence-corrected chi connectivity index (χ2v) is 3.98. The summed E-state index contributed by atoms with van der Waals surface area (Å²) in [4.78, 5) is 0. The van der Waals surface area contributed by atoms with Gasteiger partial charge in [-0.1, -0.05) is 12.2 Å². The Morgan fingerprint density at radius 2 is 2.42 bits per heavy atom. The van der Waals surface area contributed by atoms with E-state index in [2.05, 4.69) is 18.8 Å². The van der Waals surface area contributed by atoms with E-state index in [0.717, 1.165) is 25.1 Å². The molecule has 1 aliphatic rings. The lowest BCUT2D eigenvalue weighted by molar-refractivity contribution is -0.0352. The monoisotopic (exact) mass is 169 g/mol. The van der Waals surface area contributed by atoms with Gasteiger partial charge in [0.1, 0.15) is 0 Å². The molecule has 0 bridgehead atoms. The highest BCUT2D eigenvalue weighted by molar-refractivity contribution is 4.91. The minimum Gasteiger partial charge on any atom is -0.370 e. The van der Waals surface area contributed by atoms with E-state index in [1.807, 2.05) is 6.92 Å². The minimum absolute atomic E-state index is 0.0389. The van der Waals surface area contributed by atoms with Gasteiger partial charge in [-0.2, -0.15) is 0 Å². The summed E-state index contributed by atoms with van der Waals surface area (Å²) in [6, 6.07) is 0. The maximum Gasteiger partial charge on any atom is 0.0783 e. The molecule has 1 heterocycles. The first-order chi connectivity index (χ1) is 5.62. The van der Waals surface area contributed by atoms with Gasteiger partial charge in [0.15, 0.2) is 0 Å². The van der Waals surface area contributed by atoms with Crippen LogP contribution in [0.25, 0.3) is 0 Å². The predicted molar refractivity (Wildman–Crippen MR) is 51.3 cm³/mol. The molecule has 2 nitrogen and oxygen atoms in total. The molecule has 0 aliphatic carbocycles. The van der Waals surface area contributed by atoms with Crippen molar-refractivity contribution in [2.75, 3.05) is 19.7 Å². The summed E-state index contributed by atoms with van der Waals surface area (Å²) in [5.74, 6) is 0. The third-order valence-electron chi connectivity index (χ3n) is 2.23. The van der Waals surface area contributed by atoms with Crippen LogP contribution in [0.1, 0.15) is 26.7 Å². The predicted octanol–water partition coefficient (Wildman–Crippen LogP) is 1.72. The first kappa shape index (κ1) is 9.75. The SMILES string of the molecule is C=C(C)COC1(C)CCCNC1. The van der Waals surface area contributed by atoms with Gasteiger partial charge < -0.3 is 10.1 Å². The van der Waals surface area contributed by atoms with E-state index in [1.54, 1.807) is 0 Å². The molecule has 0 spiro atoms. The van der Waals surface area contributed by atoms with Gasteiger partial charge in [-0.3, -0.25) is 0 Å². The van der Waals surface area contributed by atoms with E-state index >= 15 is 0 Å². The number of hydrogen-bond donors (Lipinski definition) is 1. The normalized spacial score (nSPS) is 30.2. The van der Waals surface area contributed by atoms with Crippen LogP contribution in [0.2, 0.25) is 0 Å². The Labute approximate surface area is 75.0 Å². The van der Waals surface area contributed by atoms with Gasteiger partial charge in [0, 0.05) is 6.54 Å². The smallest absolute Gasteiger partial charge is 0.0783 e. The van der Waals surface area contributed by atoms with Crippen LogP contribution in [-0.4, -0.2) is 25.3 Å². The molecular formula is C10H19NO. The van der Waals surface area contributed by atoms with Crippen LogP contribution >= 0.6 is 0 Å². The second-order valence-electron chi connectivity index (χ2n) is 3.98.